The summed E-state index contributed by atoms with van der Waals surface area (Å²) in [5.41, 5.74) is 0. The van der Waals surface area contributed by atoms with E-state index in [1.807, 2.05) is 0 Å². The van der Waals surface area contributed by atoms with E-state index < -0.39 is 10.0 Å². The first-order valence-electron chi connectivity index (χ1n) is 8.20. The Morgan fingerprint density at radius 2 is 1.91 bits per heavy atom. The zero-order chi connectivity index (χ0) is 15.7. The van der Waals surface area contributed by atoms with Crippen LogP contribution < -0.4 is 0 Å². The summed E-state index contributed by atoms with van der Waals surface area (Å²) in [7, 11) is -0.429. The molecular weight excluding hydrogens is 300 g/mol. The molecule has 0 aromatic carbocycles. The van der Waals surface area contributed by atoms with Crippen molar-refractivity contribution in [1.82, 2.24) is 9.21 Å². The van der Waals surface area contributed by atoms with E-state index >= 15 is 0 Å². The predicted molar refractivity (Wildman–Crippen MR) is 84.9 cm³/mol. The Labute approximate surface area is 133 Å². The van der Waals surface area contributed by atoms with Gasteiger partial charge in [0.25, 0.3) is 10.0 Å². The van der Waals surface area contributed by atoms with Gasteiger partial charge >= 0.3 is 0 Å². The highest BCUT2D eigenvalue weighted by Gasteiger charge is 2.31. The van der Waals surface area contributed by atoms with Crippen LogP contribution in [-0.4, -0.2) is 44.8 Å². The quantitative estimate of drug-likeness (QED) is 0.853. The van der Waals surface area contributed by atoms with Gasteiger partial charge in [0, 0.05) is 20.6 Å². The highest BCUT2D eigenvalue weighted by Crippen LogP contribution is 2.36. The number of piperidine rings is 1. The maximum atomic E-state index is 12.0. The zero-order valence-corrected chi connectivity index (χ0v) is 14.3. The molecule has 5 nitrogen and oxygen atoms in total. The molecule has 0 spiro atoms. The van der Waals surface area contributed by atoms with Gasteiger partial charge in [0.05, 0.1) is 6.54 Å². The molecule has 0 N–H and O–H groups in total. The van der Waals surface area contributed by atoms with E-state index in [2.05, 4.69) is 4.90 Å². The topological polar surface area (TPSA) is 53.8 Å². The molecule has 6 heteroatoms. The Bertz CT molecular complexity index is 609. The Balaban J connectivity index is 1.63. The Hall–Kier alpha value is -0.850. The minimum absolute atomic E-state index is 0.0417. The number of sulfonamides is 1. The summed E-state index contributed by atoms with van der Waals surface area (Å²) < 4.78 is 30.8. The minimum atomic E-state index is -3.47. The first-order chi connectivity index (χ1) is 10.5. The van der Waals surface area contributed by atoms with Crippen molar-refractivity contribution in [3.05, 3.63) is 17.9 Å². The van der Waals surface area contributed by atoms with Crippen LogP contribution in [0, 0.1) is 11.8 Å². The summed E-state index contributed by atoms with van der Waals surface area (Å²) in [6.45, 7) is 2.94. The van der Waals surface area contributed by atoms with Crippen LogP contribution in [0.5, 0.6) is 0 Å². The van der Waals surface area contributed by atoms with E-state index in [-0.39, 0.29) is 5.09 Å². The van der Waals surface area contributed by atoms with Crippen LogP contribution >= 0.6 is 0 Å². The Morgan fingerprint density at radius 3 is 2.64 bits per heavy atom. The predicted octanol–water partition coefficient (Wildman–Crippen LogP) is 2.54. The first-order valence-corrected chi connectivity index (χ1v) is 9.64. The molecule has 22 heavy (non-hydrogen) atoms. The van der Waals surface area contributed by atoms with E-state index in [9.17, 15) is 8.42 Å². The van der Waals surface area contributed by atoms with Crippen molar-refractivity contribution in [2.24, 2.45) is 11.8 Å². The molecule has 0 bridgehead atoms. The lowest BCUT2D eigenvalue weighted by Crippen LogP contribution is -2.41. The number of hydrogen-bond donors (Lipinski definition) is 0. The van der Waals surface area contributed by atoms with Crippen LogP contribution in [0.4, 0.5) is 0 Å². The fraction of sp³-hybridized carbons (Fsp3) is 0.750. The second-order valence-corrected chi connectivity index (χ2v) is 8.92. The largest absolute Gasteiger partial charge is 0.447 e. The molecule has 2 aliphatic rings. The van der Waals surface area contributed by atoms with Crippen LogP contribution in [-0.2, 0) is 16.6 Å². The third kappa shape index (κ3) is 3.24. The van der Waals surface area contributed by atoms with Gasteiger partial charge in [-0.1, -0.05) is 19.3 Å². The van der Waals surface area contributed by atoms with Gasteiger partial charge in [0.1, 0.15) is 5.76 Å². The molecule has 1 saturated heterocycles. The SMILES string of the molecule is CN(C)S(=O)(=O)c1ccc(CN2CC[C@@H]3CCCC[C@@H]3C2)o1. The summed E-state index contributed by atoms with van der Waals surface area (Å²) in [6.07, 6.45) is 6.77. The minimum Gasteiger partial charge on any atom is -0.447 e. The van der Waals surface area contributed by atoms with Crippen molar-refractivity contribution < 1.29 is 12.8 Å². The summed E-state index contributed by atoms with van der Waals surface area (Å²) in [6, 6.07) is 3.36. The molecule has 1 aliphatic heterocycles. The van der Waals surface area contributed by atoms with E-state index in [4.69, 9.17) is 4.42 Å². The van der Waals surface area contributed by atoms with Crippen molar-refractivity contribution in [3.8, 4) is 0 Å². The van der Waals surface area contributed by atoms with Gasteiger partial charge in [-0.05, 0) is 43.4 Å². The Morgan fingerprint density at radius 1 is 1.18 bits per heavy atom. The van der Waals surface area contributed by atoms with Crippen molar-refractivity contribution >= 4 is 10.0 Å². The van der Waals surface area contributed by atoms with E-state index in [0.717, 1.165) is 30.7 Å². The molecule has 1 saturated carbocycles. The summed E-state index contributed by atoms with van der Waals surface area (Å²) in [5.74, 6) is 2.48. The molecule has 2 heterocycles. The molecule has 0 amide bonds. The molecule has 0 radical (unpaired) electrons. The molecule has 1 aromatic rings. The van der Waals surface area contributed by atoms with Crippen LogP contribution in [0.25, 0.3) is 0 Å². The average molecular weight is 326 g/mol. The second-order valence-electron chi connectivity index (χ2n) is 6.84. The molecule has 3 rings (SSSR count). The fourth-order valence-electron chi connectivity index (χ4n) is 3.80. The average Bonchev–Trinajstić information content (AvgIpc) is 2.96. The normalized spacial score (nSPS) is 27.0. The molecular formula is C16H26N2O3S. The summed E-state index contributed by atoms with van der Waals surface area (Å²) >= 11 is 0. The highest BCUT2D eigenvalue weighted by atomic mass is 32.2. The second kappa shape index (κ2) is 6.34. The Kier molecular flexibility index (Phi) is 4.61. The third-order valence-corrected chi connectivity index (χ3v) is 6.82. The van der Waals surface area contributed by atoms with Crippen LogP contribution in [0.15, 0.2) is 21.6 Å². The van der Waals surface area contributed by atoms with Crippen molar-refractivity contribution in [1.29, 1.82) is 0 Å². The first kappa shape index (κ1) is 16.0. The van der Waals surface area contributed by atoms with Crippen molar-refractivity contribution in [2.45, 2.75) is 43.7 Å². The summed E-state index contributed by atoms with van der Waals surface area (Å²) in [5, 5.41) is 0.0417. The molecule has 2 atom stereocenters. The monoisotopic (exact) mass is 326 g/mol. The lowest BCUT2D eigenvalue weighted by Gasteiger charge is -2.41. The lowest BCUT2D eigenvalue weighted by molar-refractivity contribution is 0.0765. The van der Waals surface area contributed by atoms with Gasteiger partial charge in [-0.15, -0.1) is 0 Å². The number of nitrogens with zero attached hydrogens (tertiary/aromatic N) is 2. The number of furan rings is 1. The van der Waals surface area contributed by atoms with Gasteiger partial charge < -0.3 is 4.42 Å². The fourth-order valence-corrected chi connectivity index (χ4v) is 4.61. The van der Waals surface area contributed by atoms with Gasteiger partial charge in [-0.3, -0.25) is 4.90 Å². The highest BCUT2D eigenvalue weighted by molar-refractivity contribution is 7.88. The van der Waals surface area contributed by atoms with E-state index in [1.165, 1.54) is 50.5 Å². The smallest absolute Gasteiger partial charge is 0.275 e. The number of likely N-dealkylation sites (tertiary alicyclic amines) is 1. The van der Waals surface area contributed by atoms with Crippen LogP contribution in [0.1, 0.15) is 37.9 Å². The van der Waals surface area contributed by atoms with E-state index in [1.54, 1.807) is 12.1 Å². The number of fused-ring (bicyclic) bond motifs is 1. The van der Waals surface area contributed by atoms with Crippen molar-refractivity contribution in [2.75, 3.05) is 27.2 Å². The van der Waals surface area contributed by atoms with Gasteiger partial charge in [-0.25, -0.2) is 12.7 Å². The summed E-state index contributed by atoms with van der Waals surface area (Å²) in [4.78, 5) is 2.41. The van der Waals surface area contributed by atoms with Gasteiger partial charge in [0.15, 0.2) is 0 Å². The maximum absolute atomic E-state index is 12.0. The lowest BCUT2D eigenvalue weighted by atomic mass is 9.75. The van der Waals surface area contributed by atoms with Crippen LogP contribution in [0.3, 0.4) is 0 Å². The molecule has 2 fully saturated rings. The number of hydrogen-bond acceptors (Lipinski definition) is 4. The maximum Gasteiger partial charge on any atom is 0.275 e. The molecule has 124 valence electrons. The van der Waals surface area contributed by atoms with E-state index in [0.29, 0.717) is 6.54 Å². The third-order valence-electron chi connectivity index (χ3n) is 5.13. The van der Waals surface area contributed by atoms with Crippen LogP contribution in [0.2, 0.25) is 0 Å². The van der Waals surface area contributed by atoms with Crippen molar-refractivity contribution in [3.63, 3.8) is 0 Å². The molecule has 1 aliphatic carbocycles. The number of rotatable bonds is 4. The van der Waals surface area contributed by atoms with Gasteiger partial charge in [0.2, 0.25) is 5.09 Å². The standard InChI is InChI=1S/C16H26N2O3S/c1-17(2)22(19,20)16-8-7-15(21-16)12-18-10-9-13-5-3-4-6-14(13)11-18/h7-8,13-14H,3-6,9-12H2,1-2H3/t13-,14+/m0/s1. The molecule has 0 unspecified atom stereocenters. The van der Waals surface area contributed by atoms with Gasteiger partial charge in [-0.2, -0.15) is 0 Å². The zero-order valence-electron chi connectivity index (χ0n) is 13.5. The molecule has 1 aromatic heterocycles.